The molecule has 0 aliphatic rings. The van der Waals surface area contributed by atoms with Gasteiger partial charge in [-0.25, -0.2) is 9.67 Å². The molecule has 2 aromatic carbocycles. The summed E-state index contributed by atoms with van der Waals surface area (Å²) in [5.74, 6) is -0.960. The Bertz CT molecular complexity index is 1230. The fraction of sp³-hybridized carbons (Fsp3) is 0.0476. The minimum Gasteiger partial charge on any atom is -0.365 e. The first-order valence-electron chi connectivity index (χ1n) is 8.76. The molecule has 2 heterocycles. The van der Waals surface area contributed by atoms with E-state index < -0.39 is 5.91 Å². The van der Waals surface area contributed by atoms with Crippen LogP contribution < -0.4 is 11.1 Å². The molecule has 0 aliphatic carbocycles. The van der Waals surface area contributed by atoms with Crippen LogP contribution in [0.5, 0.6) is 0 Å². The smallest absolute Gasteiger partial charge is 0.252 e. The van der Waals surface area contributed by atoms with E-state index >= 15 is 0 Å². The summed E-state index contributed by atoms with van der Waals surface area (Å²) in [5.41, 5.74) is 8.32. The molecule has 0 bridgehead atoms. The zero-order chi connectivity index (χ0) is 20.5. The molecule has 4 aromatic rings. The summed E-state index contributed by atoms with van der Waals surface area (Å²) in [6.07, 6.45) is 0. The highest BCUT2D eigenvalue weighted by atomic mass is 35.5. The Labute approximate surface area is 171 Å². The van der Waals surface area contributed by atoms with E-state index in [1.807, 2.05) is 42.5 Å². The molecule has 3 N–H and O–H groups in total. The van der Waals surface area contributed by atoms with Crippen LogP contribution in [0.2, 0.25) is 5.02 Å². The molecular weight excluding hydrogens is 390 g/mol. The van der Waals surface area contributed by atoms with E-state index in [1.54, 1.807) is 22.9 Å². The highest BCUT2D eigenvalue weighted by Crippen LogP contribution is 2.32. The first-order valence-corrected chi connectivity index (χ1v) is 9.14. The number of hydrogen-bond acceptors (Lipinski definition) is 4. The molecule has 0 unspecified atom stereocenters. The van der Waals surface area contributed by atoms with Crippen molar-refractivity contribution in [3.05, 3.63) is 71.2 Å². The van der Waals surface area contributed by atoms with Crippen molar-refractivity contribution in [3.8, 4) is 16.9 Å². The summed E-state index contributed by atoms with van der Waals surface area (Å²) in [6.45, 7) is 1.34. The summed E-state index contributed by atoms with van der Waals surface area (Å²) < 4.78 is 1.66. The second-order valence-corrected chi connectivity index (χ2v) is 6.84. The molecule has 0 spiro atoms. The van der Waals surface area contributed by atoms with Crippen molar-refractivity contribution in [2.45, 2.75) is 6.92 Å². The molecule has 0 radical (unpaired) electrons. The molecule has 7 nitrogen and oxygen atoms in total. The molecule has 2 amide bonds. The van der Waals surface area contributed by atoms with Gasteiger partial charge in [-0.3, -0.25) is 9.59 Å². The minimum absolute atomic E-state index is 0.0947. The van der Waals surface area contributed by atoms with Gasteiger partial charge in [0.05, 0.1) is 11.3 Å². The number of carbonyl (C=O) groups is 2. The predicted molar refractivity (Wildman–Crippen MR) is 112 cm³/mol. The number of amides is 2. The van der Waals surface area contributed by atoms with Gasteiger partial charge >= 0.3 is 0 Å². The number of halogens is 1. The van der Waals surface area contributed by atoms with Crippen LogP contribution in [0.1, 0.15) is 17.3 Å². The highest BCUT2D eigenvalue weighted by Gasteiger charge is 2.20. The van der Waals surface area contributed by atoms with Crippen molar-refractivity contribution in [3.63, 3.8) is 0 Å². The Morgan fingerprint density at radius 1 is 1.07 bits per heavy atom. The van der Waals surface area contributed by atoms with Gasteiger partial charge in [0, 0.05) is 22.9 Å². The first kappa shape index (κ1) is 18.6. The molecule has 0 atom stereocenters. The lowest BCUT2D eigenvalue weighted by Crippen LogP contribution is -2.18. The van der Waals surface area contributed by atoms with Crippen LogP contribution >= 0.6 is 11.6 Å². The number of carbonyl (C=O) groups excluding carboxylic acids is 2. The van der Waals surface area contributed by atoms with Gasteiger partial charge in [0.25, 0.3) is 5.91 Å². The molecule has 4 rings (SSSR count). The summed E-state index contributed by atoms with van der Waals surface area (Å²) in [5, 5.41) is 8.52. The Morgan fingerprint density at radius 2 is 1.76 bits per heavy atom. The molecule has 0 saturated heterocycles. The third-order valence-electron chi connectivity index (χ3n) is 4.34. The van der Waals surface area contributed by atoms with Crippen molar-refractivity contribution in [1.82, 2.24) is 14.8 Å². The van der Waals surface area contributed by atoms with Gasteiger partial charge in [-0.1, -0.05) is 41.9 Å². The summed E-state index contributed by atoms with van der Waals surface area (Å²) in [4.78, 5) is 28.1. The standard InChI is InChI=1S/C21H16ClN5O2/c1-12(28)24-20-17(19(23)29)11-16-18(13-7-9-14(22)10-8-13)26-27(21(16)25-20)15-5-3-2-4-6-15/h2-11H,1H3,(H2,23,29)(H,24,25,28). The van der Waals surface area contributed by atoms with Crippen molar-refractivity contribution in [2.75, 3.05) is 5.32 Å². The van der Waals surface area contributed by atoms with Gasteiger partial charge in [-0.15, -0.1) is 0 Å². The molecule has 0 aliphatic heterocycles. The molecule has 8 heteroatoms. The number of hydrogen-bond donors (Lipinski definition) is 2. The highest BCUT2D eigenvalue weighted by molar-refractivity contribution is 6.30. The number of anilines is 1. The number of nitrogens with zero attached hydrogens (tertiary/aromatic N) is 3. The second-order valence-electron chi connectivity index (χ2n) is 6.40. The van der Waals surface area contributed by atoms with E-state index in [-0.39, 0.29) is 17.3 Å². The van der Waals surface area contributed by atoms with E-state index in [0.717, 1.165) is 11.3 Å². The fourth-order valence-corrected chi connectivity index (χ4v) is 3.19. The van der Waals surface area contributed by atoms with Gasteiger partial charge in [0.1, 0.15) is 11.5 Å². The third kappa shape index (κ3) is 3.55. The molecule has 2 aromatic heterocycles. The van der Waals surface area contributed by atoms with E-state index in [4.69, 9.17) is 22.4 Å². The SMILES string of the molecule is CC(=O)Nc1nc2c(cc1C(N)=O)c(-c1ccc(Cl)cc1)nn2-c1ccccc1. The number of para-hydroxylation sites is 1. The second kappa shape index (κ2) is 7.37. The average Bonchev–Trinajstić information content (AvgIpc) is 3.06. The Kier molecular flexibility index (Phi) is 4.74. The van der Waals surface area contributed by atoms with E-state index in [9.17, 15) is 9.59 Å². The Hall–Kier alpha value is -3.71. The van der Waals surface area contributed by atoms with Gasteiger partial charge in [-0.05, 0) is 30.3 Å². The maximum absolute atomic E-state index is 12.0. The van der Waals surface area contributed by atoms with E-state index in [1.165, 1.54) is 6.92 Å². The molecule has 29 heavy (non-hydrogen) atoms. The zero-order valence-electron chi connectivity index (χ0n) is 15.4. The molecule has 0 saturated carbocycles. The lowest BCUT2D eigenvalue weighted by Gasteiger charge is -2.08. The topological polar surface area (TPSA) is 103 Å². The quantitative estimate of drug-likeness (QED) is 0.539. The Balaban J connectivity index is 2.05. The number of pyridine rings is 1. The van der Waals surface area contributed by atoms with Gasteiger partial charge in [0.2, 0.25) is 5.91 Å². The number of nitrogens with two attached hydrogens (primary N) is 1. The normalized spacial score (nSPS) is 10.8. The van der Waals surface area contributed by atoms with Crippen LogP contribution in [0.25, 0.3) is 28.0 Å². The number of fused-ring (bicyclic) bond motifs is 1. The van der Waals surface area contributed by atoms with Gasteiger partial charge in [-0.2, -0.15) is 5.10 Å². The van der Waals surface area contributed by atoms with Crippen LogP contribution in [-0.4, -0.2) is 26.6 Å². The number of benzene rings is 2. The lowest BCUT2D eigenvalue weighted by molar-refractivity contribution is -0.114. The largest absolute Gasteiger partial charge is 0.365 e. The van der Waals surface area contributed by atoms with Crippen LogP contribution in [0.15, 0.2) is 60.7 Å². The fourth-order valence-electron chi connectivity index (χ4n) is 3.06. The number of nitrogens with one attached hydrogen (secondary N) is 1. The number of aromatic nitrogens is 3. The first-order chi connectivity index (χ1) is 13.9. The summed E-state index contributed by atoms with van der Waals surface area (Å²) in [6, 6.07) is 18.3. The third-order valence-corrected chi connectivity index (χ3v) is 4.59. The minimum atomic E-state index is -0.697. The van der Waals surface area contributed by atoms with E-state index in [2.05, 4.69) is 10.3 Å². The monoisotopic (exact) mass is 405 g/mol. The Morgan fingerprint density at radius 3 is 2.38 bits per heavy atom. The maximum Gasteiger partial charge on any atom is 0.252 e. The number of primary amides is 1. The molecule has 144 valence electrons. The van der Waals surface area contributed by atoms with Gasteiger partial charge < -0.3 is 11.1 Å². The van der Waals surface area contributed by atoms with Crippen molar-refractivity contribution in [1.29, 1.82) is 0 Å². The van der Waals surface area contributed by atoms with Crippen LogP contribution in [-0.2, 0) is 4.79 Å². The van der Waals surface area contributed by atoms with E-state index in [0.29, 0.717) is 21.7 Å². The van der Waals surface area contributed by atoms with Crippen molar-refractivity contribution in [2.24, 2.45) is 5.73 Å². The zero-order valence-corrected chi connectivity index (χ0v) is 16.1. The number of rotatable bonds is 4. The van der Waals surface area contributed by atoms with Crippen LogP contribution in [0, 0.1) is 0 Å². The molecular formula is C21H16ClN5O2. The molecule has 0 fully saturated rings. The summed E-state index contributed by atoms with van der Waals surface area (Å²) >= 11 is 6.02. The van der Waals surface area contributed by atoms with Gasteiger partial charge in [0.15, 0.2) is 5.65 Å². The average molecular weight is 406 g/mol. The lowest BCUT2D eigenvalue weighted by atomic mass is 10.1. The van der Waals surface area contributed by atoms with Crippen molar-refractivity contribution >= 4 is 40.3 Å². The maximum atomic E-state index is 12.0. The summed E-state index contributed by atoms with van der Waals surface area (Å²) in [7, 11) is 0. The van der Waals surface area contributed by atoms with Crippen LogP contribution in [0.4, 0.5) is 5.82 Å². The van der Waals surface area contributed by atoms with Crippen LogP contribution in [0.3, 0.4) is 0 Å². The van der Waals surface area contributed by atoms with Crippen molar-refractivity contribution < 1.29 is 9.59 Å². The predicted octanol–water partition coefficient (Wildman–Crippen LogP) is 3.80.